The summed E-state index contributed by atoms with van der Waals surface area (Å²) in [6.45, 7) is 9.34. The van der Waals surface area contributed by atoms with Gasteiger partial charge in [-0.1, -0.05) is 13.8 Å². The Kier molecular flexibility index (Phi) is 6.24. The van der Waals surface area contributed by atoms with Gasteiger partial charge in [-0.15, -0.1) is 0 Å². The van der Waals surface area contributed by atoms with Crippen LogP contribution in [0.1, 0.15) is 55.5 Å². The highest BCUT2D eigenvalue weighted by Crippen LogP contribution is 2.32. The molecular weight excluding hydrogens is 322 g/mol. The molecule has 25 heavy (non-hydrogen) atoms. The summed E-state index contributed by atoms with van der Waals surface area (Å²) in [6.07, 6.45) is 0.590. The number of carbonyl (C=O) groups is 1. The first-order valence-electron chi connectivity index (χ1n) is 8.80. The number of hydrogen-bond acceptors (Lipinski definition) is 5. The zero-order chi connectivity index (χ0) is 18.8. The molecule has 0 spiro atoms. The van der Waals surface area contributed by atoms with Crippen molar-refractivity contribution in [2.45, 2.75) is 52.9 Å². The van der Waals surface area contributed by atoms with Gasteiger partial charge in [0, 0.05) is 44.7 Å². The zero-order valence-corrected chi connectivity index (χ0v) is 16.2. The van der Waals surface area contributed by atoms with E-state index in [2.05, 4.69) is 5.10 Å². The van der Waals surface area contributed by atoms with Crippen LogP contribution in [0.25, 0.3) is 0 Å². The monoisotopic (exact) mass is 353 g/mol. The molecule has 1 aromatic rings. The van der Waals surface area contributed by atoms with E-state index in [1.54, 1.807) is 23.7 Å². The van der Waals surface area contributed by atoms with E-state index in [0.29, 0.717) is 31.8 Å². The van der Waals surface area contributed by atoms with Crippen LogP contribution in [-0.4, -0.2) is 65.7 Å². The fourth-order valence-corrected chi connectivity index (χ4v) is 3.32. The van der Waals surface area contributed by atoms with Crippen LogP contribution in [-0.2, 0) is 22.4 Å². The molecule has 1 aliphatic rings. The van der Waals surface area contributed by atoms with Crippen LogP contribution in [0.3, 0.4) is 0 Å². The first-order valence-corrected chi connectivity index (χ1v) is 8.80. The number of amides is 1. The van der Waals surface area contributed by atoms with Crippen molar-refractivity contribution in [1.29, 1.82) is 0 Å². The van der Waals surface area contributed by atoms with Crippen molar-refractivity contribution >= 4 is 5.91 Å². The molecule has 1 N–H and O–H groups in total. The third-order valence-corrected chi connectivity index (χ3v) is 4.54. The normalized spacial score (nSPS) is 20.4. The summed E-state index contributed by atoms with van der Waals surface area (Å²) in [5, 5.41) is 14.1. The summed E-state index contributed by atoms with van der Waals surface area (Å²) in [4.78, 5) is 14.8. The number of aliphatic hydroxyl groups excluding tert-OH is 1. The Bertz CT molecular complexity index is 612. The van der Waals surface area contributed by atoms with E-state index >= 15 is 0 Å². The minimum Gasteiger partial charge on any atom is -0.396 e. The predicted octanol–water partition coefficient (Wildman–Crippen LogP) is 1.64. The van der Waals surface area contributed by atoms with Crippen LogP contribution in [0.15, 0.2) is 0 Å². The molecule has 1 aromatic heterocycles. The molecule has 7 heteroatoms. The highest BCUT2D eigenvalue weighted by Gasteiger charge is 2.34. The summed E-state index contributed by atoms with van der Waals surface area (Å²) >= 11 is 0. The fraction of sp³-hybridized carbons (Fsp3) is 0.778. The number of aliphatic hydroxyl groups is 1. The standard InChI is InChI=1S/C18H31N3O4/c1-12-9-14-15(13(2)25-12)19-21(7-8-24-6)16(14)17(23)20(5)10-18(3,4)11-22/h12-13,22H,7-11H2,1-6H3/t12-,13+/m0/s1. The molecular formula is C18H31N3O4. The van der Waals surface area contributed by atoms with Gasteiger partial charge in [0.2, 0.25) is 0 Å². The van der Waals surface area contributed by atoms with Gasteiger partial charge in [0.15, 0.2) is 0 Å². The van der Waals surface area contributed by atoms with Gasteiger partial charge in [0.05, 0.1) is 31.1 Å². The smallest absolute Gasteiger partial charge is 0.272 e. The van der Waals surface area contributed by atoms with Crippen molar-refractivity contribution in [2.24, 2.45) is 5.41 Å². The van der Waals surface area contributed by atoms with Crippen LogP contribution in [0.5, 0.6) is 0 Å². The van der Waals surface area contributed by atoms with E-state index in [1.165, 1.54) is 0 Å². The zero-order valence-electron chi connectivity index (χ0n) is 16.2. The van der Waals surface area contributed by atoms with Gasteiger partial charge in [-0.2, -0.15) is 5.10 Å². The lowest BCUT2D eigenvalue weighted by Crippen LogP contribution is -2.39. The molecule has 0 radical (unpaired) electrons. The van der Waals surface area contributed by atoms with Crippen molar-refractivity contribution in [2.75, 3.05) is 33.9 Å². The highest BCUT2D eigenvalue weighted by molar-refractivity contribution is 5.94. The second-order valence-corrected chi connectivity index (χ2v) is 7.70. The summed E-state index contributed by atoms with van der Waals surface area (Å²) in [7, 11) is 3.40. The molecule has 2 rings (SSSR count). The van der Waals surface area contributed by atoms with E-state index in [9.17, 15) is 9.90 Å². The molecule has 2 heterocycles. The third kappa shape index (κ3) is 4.40. The summed E-state index contributed by atoms with van der Waals surface area (Å²) in [6, 6.07) is 0. The van der Waals surface area contributed by atoms with Gasteiger partial charge in [-0.3, -0.25) is 9.48 Å². The maximum absolute atomic E-state index is 13.2. The quantitative estimate of drug-likeness (QED) is 0.806. The summed E-state index contributed by atoms with van der Waals surface area (Å²) in [5.41, 5.74) is 2.07. The molecule has 0 aromatic carbocycles. The Morgan fingerprint density at radius 3 is 2.76 bits per heavy atom. The highest BCUT2D eigenvalue weighted by atomic mass is 16.5. The lowest BCUT2D eigenvalue weighted by atomic mass is 9.94. The van der Waals surface area contributed by atoms with Crippen molar-refractivity contribution < 1.29 is 19.4 Å². The van der Waals surface area contributed by atoms with Crippen molar-refractivity contribution in [1.82, 2.24) is 14.7 Å². The molecule has 7 nitrogen and oxygen atoms in total. The average molecular weight is 353 g/mol. The number of rotatable bonds is 7. The average Bonchev–Trinajstić information content (AvgIpc) is 2.90. The van der Waals surface area contributed by atoms with Crippen LogP contribution in [0, 0.1) is 5.41 Å². The van der Waals surface area contributed by atoms with Crippen LogP contribution in [0.4, 0.5) is 0 Å². The summed E-state index contributed by atoms with van der Waals surface area (Å²) in [5.74, 6) is -0.0762. The second kappa shape index (κ2) is 7.85. The van der Waals surface area contributed by atoms with Gasteiger partial charge in [-0.25, -0.2) is 0 Å². The predicted molar refractivity (Wildman–Crippen MR) is 94.6 cm³/mol. The number of ether oxygens (including phenoxy) is 2. The number of fused-ring (bicyclic) bond motifs is 1. The topological polar surface area (TPSA) is 76.8 Å². The molecule has 2 atom stereocenters. The summed E-state index contributed by atoms with van der Waals surface area (Å²) < 4.78 is 12.8. The Balaban J connectivity index is 2.38. The molecule has 1 aliphatic heterocycles. The molecule has 1 amide bonds. The Morgan fingerprint density at radius 2 is 2.16 bits per heavy atom. The van der Waals surface area contributed by atoms with E-state index in [-0.39, 0.29) is 30.1 Å². The van der Waals surface area contributed by atoms with Gasteiger partial charge < -0.3 is 19.5 Å². The van der Waals surface area contributed by atoms with Gasteiger partial charge in [0.1, 0.15) is 5.69 Å². The molecule has 0 unspecified atom stereocenters. The third-order valence-electron chi connectivity index (χ3n) is 4.54. The molecule has 0 aliphatic carbocycles. The molecule has 0 fully saturated rings. The van der Waals surface area contributed by atoms with Gasteiger partial charge >= 0.3 is 0 Å². The SMILES string of the molecule is COCCn1nc2c(c1C(=O)N(C)CC(C)(C)CO)C[C@H](C)O[C@@H]2C. The van der Waals surface area contributed by atoms with Crippen LogP contribution in [0.2, 0.25) is 0 Å². The first kappa shape index (κ1) is 19.9. The van der Waals surface area contributed by atoms with Crippen LogP contribution >= 0.6 is 0 Å². The Morgan fingerprint density at radius 1 is 1.48 bits per heavy atom. The largest absolute Gasteiger partial charge is 0.396 e. The van der Waals surface area contributed by atoms with Crippen molar-refractivity contribution in [3.05, 3.63) is 17.0 Å². The Labute approximate surface area is 149 Å². The number of nitrogens with zero attached hydrogens (tertiary/aromatic N) is 3. The minimum absolute atomic E-state index is 0.0214. The first-order chi connectivity index (χ1) is 11.7. The molecule has 0 saturated heterocycles. The number of aromatic nitrogens is 2. The maximum Gasteiger partial charge on any atom is 0.272 e. The number of carbonyl (C=O) groups excluding carboxylic acids is 1. The minimum atomic E-state index is -0.356. The molecule has 0 bridgehead atoms. The van der Waals surface area contributed by atoms with E-state index in [1.807, 2.05) is 27.7 Å². The van der Waals surface area contributed by atoms with E-state index < -0.39 is 0 Å². The number of hydrogen-bond donors (Lipinski definition) is 1. The lowest BCUT2D eigenvalue weighted by Gasteiger charge is -2.29. The van der Waals surface area contributed by atoms with E-state index in [4.69, 9.17) is 9.47 Å². The van der Waals surface area contributed by atoms with Crippen molar-refractivity contribution in [3.63, 3.8) is 0 Å². The second-order valence-electron chi connectivity index (χ2n) is 7.70. The van der Waals surface area contributed by atoms with E-state index in [0.717, 1.165) is 11.3 Å². The van der Waals surface area contributed by atoms with Gasteiger partial charge in [-0.05, 0) is 13.8 Å². The fourth-order valence-electron chi connectivity index (χ4n) is 3.32. The lowest BCUT2D eigenvalue weighted by molar-refractivity contribution is -0.00721. The molecule has 0 saturated carbocycles. The number of methoxy groups -OCH3 is 1. The van der Waals surface area contributed by atoms with Crippen LogP contribution < -0.4 is 0 Å². The Hall–Kier alpha value is -1.44. The maximum atomic E-state index is 13.2. The van der Waals surface area contributed by atoms with Gasteiger partial charge in [0.25, 0.3) is 5.91 Å². The molecule has 142 valence electrons. The van der Waals surface area contributed by atoms with Crippen molar-refractivity contribution in [3.8, 4) is 0 Å².